The Bertz CT molecular complexity index is 681. The number of aromatic nitrogens is 2. The molecule has 1 aromatic heterocycles. The van der Waals surface area contributed by atoms with Crippen LogP contribution in [0.4, 0.5) is 5.69 Å². The number of amides is 1. The van der Waals surface area contributed by atoms with Crippen LogP contribution >= 0.6 is 12.2 Å². The highest BCUT2D eigenvalue weighted by Gasteiger charge is 2.14. The van der Waals surface area contributed by atoms with Gasteiger partial charge in [0, 0.05) is 13.2 Å². The Balaban J connectivity index is 2.17. The van der Waals surface area contributed by atoms with Gasteiger partial charge in [-0.25, -0.2) is 0 Å². The van der Waals surface area contributed by atoms with E-state index in [1.165, 1.54) is 0 Å². The lowest BCUT2D eigenvalue weighted by Crippen LogP contribution is -2.19. The van der Waals surface area contributed by atoms with Crippen LogP contribution in [0.1, 0.15) is 16.1 Å². The predicted octanol–water partition coefficient (Wildman–Crippen LogP) is 1.65. The molecule has 0 saturated heterocycles. The van der Waals surface area contributed by atoms with E-state index in [9.17, 15) is 4.79 Å². The fraction of sp³-hybridized carbons (Fsp3) is 0.214. The molecule has 0 fully saturated rings. The molecule has 2 rings (SSSR count). The minimum Gasteiger partial charge on any atom is -0.484 e. The third-order valence-corrected chi connectivity index (χ3v) is 2.88. The van der Waals surface area contributed by atoms with Gasteiger partial charge in [0.05, 0.1) is 16.9 Å². The van der Waals surface area contributed by atoms with Crippen LogP contribution in [0.15, 0.2) is 30.5 Å². The number of ether oxygens (including phenoxy) is 1. The number of nitrogens with zero attached hydrogens (tertiary/aromatic N) is 2. The maximum Gasteiger partial charge on any atom is 0.259 e. The number of carbonyl (C=O) groups is 1. The van der Waals surface area contributed by atoms with Crippen molar-refractivity contribution in [1.82, 2.24) is 9.78 Å². The summed E-state index contributed by atoms with van der Waals surface area (Å²) < 4.78 is 7.07. The second-order valence-electron chi connectivity index (χ2n) is 4.51. The second kappa shape index (κ2) is 6.36. The molecule has 21 heavy (non-hydrogen) atoms. The molecule has 0 saturated carbocycles. The lowest BCUT2D eigenvalue weighted by atomic mass is 10.2. The lowest BCUT2D eigenvalue weighted by molar-refractivity contribution is 0.102. The molecule has 0 aliphatic heterocycles. The van der Waals surface area contributed by atoms with E-state index < -0.39 is 0 Å². The smallest absolute Gasteiger partial charge is 0.259 e. The van der Waals surface area contributed by atoms with Crippen molar-refractivity contribution >= 4 is 28.8 Å². The average Bonchev–Trinajstić information content (AvgIpc) is 2.76. The van der Waals surface area contributed by atoms with Gasteiger partial charge in [0.1, 0.15) is 17.3 Å². The second-order valence-corrected chi connectivity index (χ2v) is 5.03. The van der Waals surface area contributed by atoms with E-state index in [0.717, 1.165) is 0 Å². The van der Waals surface area contributed by atoms with Gasteiger partial charge in [-0.05, 0) is 19.1 Å². The number of benzene rings is 1. The quantitative estimate of drug-likeness (QED) is 0.821. The molecule has 0 spiro atoms. The molecule has 7 heteroatoms. The van der Waals surface area contributed by atoms with E-state index in [4.69, 9.17) is 22.7 Å². The molecule has 2 aromatic rings. The zero-order valence-corrected chi connectivity index (χ0v) is 12.6. The molecule has 1 aromatic carbocycles. The Morgan fingerprint density at radius 1 is 1.48 bits per heavy atom. The van der Waals surface area contributed by atoms with E-state index in [0.29, 0.717) is 22.7 Å². The molecule has 0 aliphatic carbocycles. The van der Waals surface area contributed by atoms with Crippen molar-refractivity contribution in [2.75, 3.05) is 11.9 Å². The van der Waals surface area contributed by atoms with E-state index >= 15 is 0 Å². The van der Waals surface area contributed by atoms with Crippen LogP contribution in [0.5, 0.6) is 5.75 Å². The lowest BCUT2D eigenvalue weighted by Gasteiger charge is -2.11. The number of thiocarbonyl (C=S) groups is 1. The third kappa shape index (κ3) is 3.79. The summed E-state index contributed by atoms with van der Waals surface area (Å²) in [5.41, 5.74) is 7.15. The van der Waals surface area contributed by atoms with Gasteiger partial charge < -0.3 is 15.8 Å². The molecule has 0 radical (unpaired) electrons. The zero-order chi connectivity index (χ0) is 15.4. The van der Waals surface area contributed by atoms with Crippen LogP contribution in [0, 0.1) is 6.92 Å². The van der Waals surface area contributed by atoms with Gasteiger partial charge in [-0.3, -0.25) is 9.48 Å². The van der Waals surface area contributed by atoms with Gasteiger partial charge in [0.15, 0.2) is 0 Å². The monoisotopic (exact) mass is 304 g/mol. The van der Waals surface area contributed by atoms with Crippen molar-refractivity contribution in [2.24, 2.45) is 12.8 Å². The Kier molecular flexibility index (Phi) is 4.54. The Morgan fingerprint density at radius 2 is 2.19 bits per heavy atom. The summed E-state index contributed by atoms with van der Waals surface area (Å²) in [6, 6.07) is 7.10. The zero-order valence-electron chi connectivity index (χ0n) is 11.8. The molecule has 0 bridgehead atoms. The van der Waals surface area contributed by atoms with E-state index in [1.807, 2.05) is 0 Å². The molecule has 0 atom stereocenters. The van der Waals surface area contributed by atoms with Crippen molar-refractivity contribution in [2.45, 2.75) is 6.92 Å². The number of carbonyl (C=O) groups excluding carboxylic acids is 1. The number of aryl methyl sites for hydroxylation is 2. The van der Waals surface area contributed by atoms with Gasteiger partial charge >= 0.3 is 0 Å². The Hall–Kier alpha value is -2.41. The van der Waals surface area contributed by atoms with Gasteiger partial charge in [-0.1, -0.05) is 24.4 Å². The summed E-state index contributed by atoms with van der Waals surface area (Å²) in [6.07, 6.45) is 1.67. The highest BCUT2D eigenvalue weighted by molar-refractivity contribution is 7.80. The summed E-state index contributed by atoms with van der Waals surface area (Å²) >= 11 is 4.78. The number of hydrogen-bond donors (Lipinski definition) is 2. The van der Waals surface area contributed by atoms with Crippen LogP contribution < -0.4 is 15.8 Å². The first-order chi connectivity index (χ1) is 9.97. The number of rotatable bonds is 5. The van der Waals surface area contributed by atoms with Gasteiger partial charge in [-0.15, -0.1) is 0 Å². The average molecular weight is 304 g/mol. The molecular weight excluding hydrogens is 288 g/mol. The molecule has 6 nitrogen and oxygen atoms in total. The van der Waals surface area contributed by atoms with Crippen molar-refractivity contribution in [3.63, 3.8) is 0 Å². The Labute approximate surface area is 127 Å². The topological polar surface area (TPSA) is 82.2 Å². The number of para-hydroxylation sites is 2. The largest absolute Gasteiger partial charge is 0.484 e. The van der Waals surface area contributed by atoms with Gasteiger partial charge in [0.25, 0.3) is 5.91 Å². The number of anilines is 1. The third-order valence-electron chi connectivity index (χ3n) is 2.76. The maximum atomic E-state index is 12.3. The van der Waals surface area contributed by atoms with Crippen LogP contribution in [0.25, 0.3) is 0 Å². The van der Waals surface area contributed by atoms with Crippen molar-refractivity contribution in [3.8, 4) is 5.75 Å². The molecule has 3 N–H and O–H groups in total. The first-order valence-corrected chi connectivity index (χ1v) is 6.70. The number of nitrogens with two attached hydrogens (primary N) is 1. The van der Waals surface area contributed by atoms with E-state index in [2.05, 4.69) is 10.4 Å². The number of hydrogen-bond acceptors (Lipinski definition) is 4. The molecule has 1 amide bonds. The fourth-order valence-electron chi connectivity index (χ4n) is 1.86. The summed E-state index contributed by atoms with van der Waals surface area (Å²) in [5.74, 6) is 0.271. The predicted molar refractivity (Wildman–Crippen MR) is 84.6 cm³/mol. The van der Waals surface area contributed by atoms with Crippen molar-refractivity contribution in [1.29, 1.82) is 0 Å². The van der Waals surface area contributed by atoms with Crippen molar-refractivity contribution in [3.05, 3.63) is 41.7 Å². The molecule has 1 heterocycles. The standard InChI is InChI=1S/C14H16N4O2S/c1-9-10(7-18(2)17-9)14(19)16-11-5-3-4-6-12(11)20-8-13(15)21/h3-7H,8H2,1-2H3,(H2,15,21)(H,16,19). The summed E-state index contributed by atoms with van der Waals surface area (Å²) in [5, 5.41) is 6.95. The highest BCUT2D eigenvalue weighted by atomic mass is 32.1. The van der Waals surface area contributed by atoms with E-state index in [-0.39, 0.29) is 17.5 Å². The highest BCUT2D eigenvalue weighted by Crippen LogP contribution is 2.24. The normalized spacial score (nSPS) is 10.2. The van der Waals surface area contributed by atoms with Gasteiger partial charge in [0.2, 0.25) is 0 Å². The van der Waals surface area contributed by atoms with Crippen LogP contribution in [-0.2, 0) is 7.05 Å². The van der Waals surface area contributed by atoms with Crippen LogP contribution in [0.2, 0.25) is 0 Å². The summed E-state index contributed by atoms with van der Waals surface area (Å²) in [7, 11) is 1.77. The van der Waals surface area contributed by atoms with Crippen LogP contribution in [-0.4, -0.2) is 27.3 Å². The first-order valence-electron chi connectivity index (χ1n) is 6.29. The van der Waals surface area contributed by atoms with Crippen molar-refractivity contribution < 1.29 is 9.53 Å². The number of nitrogens with one attached hydrogen (secondary N) is 1. The van der Waals surface area contributed by atoms with Crippen LogP contribution in [0.3, 0.4) is 0 Å². The molecule has 0 unspecified atom stereocenters. The minimum atomic E-state index is -0.244. The summed E-state index contributed by atoms with van der Waals surface area (Å²) in [4.78, 5) is 12.5. The molecular formula is C14H16N4O2S. The minimum absolute atomic E-state index is 0.119. The molecule has 110 valence electrons. The SMILES string of the molecule is Cc1nn(C)cc1C(=O)Nc1ccccc1OCC(N)=S. The molecule has 0 aliphatic rings. The van der Waals surface area contributed by atoms with Gasteiger partial charge in [-0.2, -0.15) is 5.10 Å². The van der Waals surface area contributed by atoms with E-state index in [1.54, 1.807) is 49.1 Å². The summed E-state index contributed by atoms with van der Waals surface area (Å²) in [6.45, 7) is 1.90. The Morgan fingerprint density at radius 3 is 2.81 bits per heavy atom. The fourth-order valence-corrected chi connectivity index (χ4v) is 1.92. The first kappa shape index (κ1) is 15.0. The maximum absolute atomic E-state index is 12.3.